The van der Waals surface area contributed by atoms with Crippen molar-refractivity contribution in [1.29, 1.82) is 0 Å². The van der Waals surface area contributed by atoms with Gasteiger partial charge in [-0.2, -0.15) is 5.10 Å². The minimum absolute atomic E-state index is 0.143. The van der Waals surface area contributed by atoms with Crippen molar-refractivity contribution in [2.45, 2.75) is 19.9 Å². The molecule has 1 aromatic rings. The van der Waals surface area contributed by atoms with Crippen LogP contribution in [0.2, 0.25) is 0 Å². The van der Waals surface area contributed by atoms with Crippen molar-refractivity contribution in [3.63, 3.8) is 0 Å². The van der Waals surface area contributed by atoms with Crippen LogP contribution in [0.15, 0.2) is 12.3 Å². The first-order valence-corrected chi connectivity index (χ1v) is 5.44. The SMILES string of the molecule is CCOC(=O)CCN(C)Cc1ccn(C)n1. The molecule has 0 spiro atoms. The summed E-state index contributed by atoms with van der Waals surface area (Å²) in [5, 5.41) is 4.27. The molecule has 0 N–H and O–H groups in total. The molecule has 1 heterocycles. The molecule has 0 aliphatic carbocycles. The quantitative estimate of drug-likeness (QED) is 0.672. The van der Waals surface area contributed by atoms with Gasteiger partial charge in [-0.15, -0.1) is 0 Å². The van der Waals surface area contributed by atoms with E-state index in [-0.39, 0.29) is 5.97 Å². The minimum atomic E-state index is -0.143. The monoisotopic (exact) mass is 225 g/mol. The van der Waals surface area contributed by atoms with E-state index in [4.69, 9.17) is 4.74 Å². The molecule has 0 bridgehead atoms. The number of aromatic nitrogens is 2. The van der Waals surface area contributed by atoms with E-state index < -0.39 is 0 Å². The van der Waals surface area contributed by atoms with Gasteiger partial charge in [-0.05, 0) is 20.0 Å². The number of rotatable bonds is 6. The van der Waals surface area contributed by atoms with Gasteiger partial charge in [0.15, 0.2) is 0 Å². The Morgan fingerprint density at radius 3 is 2.94 bits per heavy atom. The van der Waals surface area contributed by atoms with E-state index in [0.29, 0.717) is 19.6 Å². The van der Waals surface area contributed by atoms with Gasteiger partial charge >= 0.3 is 5.97 Å². The highest BCUT2D eigenvalue weighted by Gasteiger charge is 2.06. The van der Waals surface area contributed by atoms with Crippen LogP contribution in [0.3, 0.4) is 0 Å². The van der Waals surface area contributed by atoms with Gasteiger partial charge in [0.05, 0.1) is 18.7 Å². The van der Waals surface area contributed by atoms with E-state index >= 15 is 0 Å². The number of hydrogen-bond donors (Lipinski definition) is 0. The summed E-state index contributed by atoms with van der Waals surface area (Å²) in [7, 11) is 3.86. The largest absolute Gasteiger partial charge is 0.466 e. The summed E-state index contributed by atoms with van der Waals surface area (Å²) in [5.74, 6) is -0.143. The molecule has 0 aromatic carbocycles. The van der Waals surface area contributed by atoms with E-state index in [2.05, 4.69) is 10.00 Å². The molecule has 0 aliphatic rings. The third-order valence-electron chi connectivity index (χ3n) is 2.20. The molecular formula is C11H19N3O2. The Morgan fingerprint density at radius 2 is 2.38 bits per heavy atom. The molecule has 0 unspecified atom stereocenters. The van der Waals surface area contributed by atoms with Gasteiger partial charge in [0.25, 0.3) is 0 Å². The Kier molecular flexibility index (Phi) is 4.98. The fourth-order valence-electron chi connectivity index (χ4n) is 1.42. The summed E-state index contributed by atoms with van der Waals surface area (Å²) < 4.78 is 6.63. The van der Waals surface area contributed by atoms with E-state index in [0.717, 1.165) is 12.2 Å². The number of hydrogen-bond acceptors (Lipinski definition) is 4. The second-order valence-corrected chi connectivity index (χ2v) is 3.77. The summed E-state index contributed by atoms with van der Waals surface area (Å²) in [4.78, 5) is 13.2. The van der Waals surface area contributed by atoms with Crippen molar-refractivity contribution in [3.8, 4) is 0 Å². The Bertz CT molecular complexity index is 336. The average molecular weight is 225 g/mol. The van der Waals surface area contributed by atoms with Crippen LogP contribution in [0, 0.1) is 0 Å². The predicted octanol–water partition coefficient (Wildman–Crippen LogP) is 0.805. The fourth-order valence-corrected chi connectivity index (χ4v) is 1.42. The van der Waals surface area contributed by atoms with Crippen molar-refractivity contribution in [2.75, 3.05) is 20.2 Å². The molecule has 0 saturated carbocycles. The van der Waals surface area contributed by atoms with Crippen LogP contribution in [0.5, 0.6) is 0 Å². The molecule has 0 atom stereocenters. The van der Waals surface area contributed by atoms with Crippen LogP contribution in [-0.4, -0.2) is 40.8 Å². The standard InChI is InChI=1S/C11H19N3O2/c1-4-16-11(15)6-7-13(2)9-10-5-8-14(3)12-10/h5,8H,4,6-7,9H2,1-3H3. The molecule has 0 aliphatic heterocycles. The summed E-state index contributed by atoms with van der Waals surface area (Å²) in [6.45, 7) is 3.70. The molecule has 0 radical (unpaired) electrons. The second-order valence-electron chi connectivity index (χ2n) is 3.77. The predicted molar refractivity (Wildman–Crippen MR) is 60.8 cm³/mol. The Balaban J connectivity index is 2.25. The molecule has 5 heteroatoms. The van der Waals surface area contributed by atoms with Gasteiger partial charge < -0.3 is 4.74 Å². The lowest BCUT2D eigenvalue weighted by Gasteiger charge is -2.14. The highest BCUT2D eigenvalue weighted by molar-refractivity contribution is 5.69. The van der Waals surface area contributed by atoms with Gasteiger partial charge in [-0.1, -0.05) is 0 Å². The van der Waals surface area contributed by atoms with E-state index in [1.807, 2.05) is 33.3 Å². The number of carbonyl (C=O) groups excluding carboxylic acids is 1. The molecule has 1 aromatic heterocycles. The van der Waals surface area contributed by atoms with Gasteiger partial charge in [-0.25, -0.2) is 0 Å². The number of aryl methyl sites for hydroxylation is 1. The van der Waals surface area contributed by atoms with Gasteiger partial charge in [0.1, 0.15) is 0 Å². The van der Waals surface area contributed by atoms with Gasteiger partial charge in [0.2, 0.25) is 0 Å². The lowest BCUT2D eigenvalue weighted by Crippen LogP contribution is -2.22. The van der Waals surface area contributed by atoms with Crippen LogP contribution in [0.25, 0.3) is 0 Å². The highest BCUT2D eigenvalue weighted by atomic mass is 16.5. The normalized spacial score (nSPS) is 10.8. The lowest BCUT2D eigenvalue weighted by molar-refractivity contribution is -0.143. The fraction of sp³-hybridized carbons (Fsp3) is 0.636. The molecule has 5 nitrogen and oxygen atoms in total. The number of carbonyl (C=O) groups is 1. The van der Waals surface area contributed by atoms with Crippen molar-refractivity contribution < 1.29 is 9.53 Å². The molecule has 0 fully saturated rings. The van der Waals surface area contributed by atoms with Crippen LogP contribution in [0.4, 0.5) is 0 Å². The molecule has 0 saturated heterocycles. The molecule has 1 rings (SSSR count). The summed E-state index contributed by atoms with van der Waals surface area (Å²) in [5.41, 5.74) is 1.01. The van der Waals surface area contributed by atoms with E-state index in [1.54, 1.807) is 4.68 Å². The van der Waals surface area contributed by atoms with E-state index in [1.165, 1.54) is 0 Å². The summed E-state index contributed by atoms with van der Waals surface area (Å²) in [6, 6.07) is 1.97. The maximum absolute atomic E-state index is 11.1. The first-order valence-electron chi connectivity index (χ1n) is 5.44. The minimum Gasteiger partial charge on any atom is -0.466 e. The second kappa shape index (κ2) is 6.27. The summed E-state index contributed by atoms with van der Waals surface area (Å²) >= 11 is 0. The van der Waals surface area contributed by atoms with Crippen molar-refractivity contribution in [3.05, 3.63) is 18.0 Å². The molecule has 90 valence electrons. The van der Waals surface area contributed by atoms with Crippen molar-refractivity contribution in [1.82, 2.24) is 14.7 Å². The zero-order valence-electron chi connectivity index (χ0n) is 10.1. The zero-order valence-corrected chi connectivity index (χ0v) is 10.1. The maximum Gasteiger partial charge on any atom is 0.307 e. The third kappa shape index (κ3) is 4.44. The summed E-state index contributed by atoms with van der Waals surface area (Å²) in [6.07, 6.45) is 2.34. The van der Waals surface area contributed by atoms with Crippen LogP contribution in [0.1, 0.15) is 19.0 Å². The average Bonchev–Trinajstić information content (AvgIpc) is 2.61. The van der Waals surface area contributed by atoms with Gasteiger partial charge in [-0.3, -0.25) is 14.4 Å². The smallest absolute Gasteiger partial charge is 0.307 e. The molecule has 16 heavy (non-hydrogen) atoms. The Labute approximate surface area is 96.0 Å². The van der Waals surface area contributed by atoms with Crippen molar-refractivity contribution in [2.24, 2.45) is 7.05 Å². The van der Waals surface area contributed by atoms with Gasteiger partial charge in [0, 0.05) is 26.3 Å². The van der Waals surface area contributed by atoms with Crippen molar-refractivity contribution >= 4 is 5.97 Å². The number of nitrogens with zero attached hydrogens (tertiary/aromatic N) is 3. The topological polar surface area (TPSA) is 47.4 Å². The Morgan fingerprint density at radius 1 is 1.62 bits per heavy atom. The molecular weight excluding hydrogens is 206 g/mol. The zero-order chi connectivity index (χ0) is 12.0. The van der Waals surface area contributed by atoms with Crippen LogP contribution in [-0.2, 0) is 23.1 Å². The maximum atomic E-state index is 11.1. The first-order chi connectivity index (χ1) is 7.61. The Hall–Kier alpha value is -1.36. The van der Waals surface area contributed by atoms with Crippen LogP contribution >= 0.6 is 0 Å². The van der Waals surface area contributed by atoms with Crippen LogP contribution < -0.4 is 0 Å². The number of ether oxygens (including phenoxy) is 1. The highest BCUT2D eigenvalue weighted by Crippen LogP contribution is 2.00. The molecule has 0 amide bonds. The first kappa shape index (κ1) is 12.7. The lowest BCUT2D eigenvalue weighted by atomic mass is 10.3. The number of esters is 1. The third-order valence-corrected chi connectivity index (χ3v) is 2.20. The van der Waals surface area contributed by atoms with E-state index in [9.17, 15) is 4.79 Å².